The van der Waals surface area contributed by atoms with Gasteiger partial charge in [0.1, 0.15) is 5.82 Å². The molecule has 0 radical (unpaired) electrons. The van der Waals surface area contributed by atoms with Crippen LogP contribution in [0.15, 0.2) is 11.4 Å². The summed E-state index contributed by atoms with van der Waals surface area (Å²) in [5, 5.41) is 9.58. The van der Waals surface area contributed by atoms with Crippen molar-refractivity contribution in [2.45, 2.75) is 38.6 Å². The lowest BCUT2D eigenvalue weighted by Crippen LogP contribution is -2.26. The Morgan fingerprint density at radius 2 is 2.17 bits per heavy atom. The number of carbonyl (C=O) groups excluding carboxylic acids is 1. The van der Waals surface area contributed by atoms with Gasteiger partial charge < -0.3 is 5.32 Å². The van der Waals surface area contributed by atoms with E-state index < -0.39 is 9.84 Å². The van der Waals surface area contributed by atoms with Gasteiger partial charge in [-0.25, -0.2) is 13.1 Å². The van der Waals surface area contributed by atoms with E-state index in [1.54, 1.807) is 16.0 Å². The largest absolute Gasteiger partial charge is 0.311 e. The summed E-state index contributed by atoms with van der Waals surface area (Å²) in [5.41, 5.74) is 3.08. The average molecular weight is 365 g/mol. The van der Waals surface area contributed by atoms with Crippen molar-refractivity contribution in [2.75, 3.05) is 16.8 Å². The number of anilines is 1. The molecule has 24 heavy (non-hydrogen) atoms. The molecule has 0 unspecified atom stereocenters. The zero-order valence-electron chi connectivity index (χ0n) is 13.6. The molecule has 8 heteroatoms. The van der Waals surface area contributed by atoms with Crippen LogP contribution in [0.4, 0.5) is 5.82 Å². The van der Waals surface area contributed by atoms with Crippen molar-refractivity contribution in [1.82, 2.24) is 9.78 Å². The number of aryl methyl sites for hydroxylation is 2. The first-order valence-corrected chi connectivity index (χ1v) is 10.7. The highest BCUT2D eigenvalue weighted by atomic mass is 32.2. The third-order valence-electron chi connectivity index (χ3n) is 4.90. The molecule has 1 saturated heterocycles. The van der Waals surface area contributed by atoms with Crippen LogP contribution in [0.2, 0.25) is 0 Å². The predicted molar refractivity (Wildman–Crippen MR) is 93.4 cm³/mol. The van der Waals surface area contributed by atoms with Gasteiger partial charge in [0.05, 0.1) is 23.2 Å². The van der Waals surface area contributed by atoms with E-state index in [4.69, 9.17) is 0 Å². The Hall–Kier alpha value is -1.67. The lowest BCUT2D eigenvalue weighted by molar-refractivity contribution is -0.116. The van der Waals surface area contributed by atoms with Crippen molar-refractivity contribution in [3.63, 3.8) is 0 Å². The summed E-state index contributed by atoms with van der Waals surface area (Å²) in [7, 11) is -3.01. The number of nitrogens with one attached hydrogen (secondary N) is 1. The highest BCUT2D eigenvalue weighted by Crippen LogP contribution is 2.43. The minimum absolute atomic E-state index is 0.000472. The molecule has 2 aliphatic rings. The van der Waals surface area contributed by atoms with Gasteiger partial charge in [-0.2, -0.15) is 5.10 Å². The van der Waals surface area contributed by atoms with Gasteiger partial charge in [0.2, 0.25) is 5.91 Å². The number of carbonyl (C=O) groups is 1. The van der Waals surface area contributed by atoms with Crippen molar-refractivity contribution in [2.24, 2.45) is 0 Å². The van der Waals surface area contributed by atoms with E-state index in [1.807, 2.05) is 12.3 Å². The lowest BCUT2D eigenvalue weighted by Gasteiger charge is -2.25. The second-order valence-corrected chi connectivity index (χ2v) is 9.80. The first-order chi connectivity index (χ1) is 11.4. The molecule has 0 aliphatic carbocycles. The van der Waals surface area contributed by atoms with E-state index in [2.05, 4.69) is 23.4 Å². The monoisotopic (exact) mass is 365 g/mol. The highest BCUT2D eigenvalue weighted by Gasteiger charge is 2.37. The topological polar surface area (TPSA) is 81.1 Å². The first-order valence-electron chi connectivity index (χ1n) is 7.99. The molecular formula is C16H19N3O3S2. The standard InChI is InChI=1S/C16H19N3O3S2/c1-9-3-5-23-15(9)12-7-13(20)17-16-14(12)10(2)18-19(16)11-4-6-24(21,22)8-11/h3,5,11-12H,4,6-8H2,1-2H3,(H,17,20)/t11-,12+/m0/s1. The molecule has 0 spiro atoms. The molecule has 1 amide bonds. The number of amides is 1. The van der Waals surface area contributed by atoms with Crippen molar-refractivity contribution in [3.8, 4) is 0 Å². The second-order valence-electron chi connectivity index (χ2n) is 6.62. The van der Waals surface area contributed by atoms with Gasteiger partial charge in [-0.3, -0.25) is 4.79 Å². The van der Waals surface area contributed by atoms with Gasteiger partial charge >= 0.3 is 0 Å². The van der Waals surface area contributed by atoms with Crippen molar-refractivity contribution in [3.05, 3.63) is 33.1 Å². The van der Waals surface area contributed by atoms with Gasteiger partial charge in [0, 0.05) is 22.8 Å². The number of nitrogens with zero attached hydrogens (tertiary/aromatic N) is 2. The molecule has 2 aliphatic heterocycles. The number of thiophene rings is 1. The number of rotatable bonds is 2. The number of sulfone groups is 1. The summed E-state index contributed by atoms with van der Waals surface area (Å²) >= 11 is 1.66. The predicted octanol–water partition coefficient (Wildman–Crippen LogP) is 2.40. The number of fused-ring (bicyclic) bond motifs is 1. The third-order valence-corrected chi connectivity index (χ3v) is 7.78. The maximum absolute atomic E-state index is 12.3. The Kier molecular flexibility index (Phi) is 3.58. The van der Waals surface area contributed by atoms with E-state index in [0.717, 1.165) is 11.3 Å². The van der Waals surface area contributed by atoms with Crippen LogP contribution in [-0.2, 0) is 14.6 Å². The fraction of sp³-hybridized carbons (Fsp3) is 0.500. The molecule has 2 aromatic heterocycles. The van der Waals surface area contributed by atoms with Crippen molar-refractivity contribution >= 4 is 32.9 Å². The molecule has 4 rings (SSSR count). The van der Waals surface area contributed by atoms with Crippen LogP contribution in [0.1, 0.15) is 46.5 Å². The summed E-state index contributed by atoms with van der Waals surface area (Å²) < 4.78 is 25.4. The molecular weight excluding hydrogens is 346 g/mol. The molecule has 6 nitrogen and oxygen atoms in total. The SMILES string of the molecule is Cc1ccsc1[C@@H]1CC(=O)Nc2c1c(C)nn2[C@H]1CCS(=O)(=O)C1. The fourth-order valence-corrected chi connectivity index (χ4v) is 6.50. The Morgan fingerprint density at radius 3 is 2.79 bits per heavy atom. The Labute approximate surface area is 144 Å². The normalized spacial score (nSPS) is 25.5. The average Bonchev–Trinajstić information content (AvgIpc) is 3.16. The number of hydrogen-bond donors (Lipinski definition) is 1. The van der Waals surface area contributed by atoms with Crippen LogP contribution in [-0.4, -0.2) is 35.6 Å². The molecule has 4 heterocycles. The third kappa shape index (κ3) is 2.48. The summed E-state index contributed by atoms with van der Waals surface area (Å²) in [5.74, 6) is 0.928. The molecule has 0 aromatic carbocycles. The van der Waals surface area contributed by atoms with Gasteiger partial charge in [0.15, 0.2) is 9.84 Å². The Morgan fingerprint density at radius 1 is 1.38 bits per heavy atom. The van der Waals surface area contributed by atoms with E-state index in [0.29, 0.717) is 18.7 Å². The molecule has 1 N–H and O–H groups in total. The van der Waals surface area contributed by atoms with Crippen LogP contribution in [0.25, 0.3) is 0 Å². The summed E-state index contributed by atoms with van der Waals surface area (Å²) in [6.07, 6.45) is 0.957. The molecule has 2 aromatic rings. The van der Waals surface area contributed by atoms with E-state index in [-0.39, 0.29) is 29.4 Å². The highest BCUT2D eigenvalue weighted by molar-refractivity contribution is 7.91. The summed E-state index contributed by atoms with van der Waals surface area (Å²) in [6.45, 7) is 3.99. The van der Waals surface area contributed by atoms with Crippen LogP contribution < -0.4 is 5.32 Å². The van der Waals surface area contributed by atoms with Crippen LogP contribution >= 0.6 is 11.3 Å². The van der Waals surface area contributed by atoms with Crippen LogP contribution in [0, 0.1) is 13.8 Å². The first kappa shape index (κ1) is 15.8. The molecule has 1 fully saturated rings. The zero-order chi connectivity index (χ0) is 17.1. The molecule has 2 atom stereocenters. The van der Waals surface area contributed by atoms with Gasteiger partial charge in [-0.15, -0.1) is 11.3 Å². The van der Waals surface area contributed by atoms with Crippen LogP contribution in [0.5, 0.6) is 0 Å². The Bertz CT molecular complexity index is 927. The zero-order valence-corrected chi connectivity index (χ0v) is 15.2. The molecule has 0 saturated carbocycles. The number of hydrogen-bond acceptors (Lipinski definition) is 5. The minimum atomic E-state index is -3.01. The van der Waals surface area contributed by atoms with Gasteiger partial charge in [-0.05, 0) is 37.3 Å². The maximum atomic E-state index is 12.3. The van der Waals surface area contributed by atoms with Gasteiger partial charge in [-0.1, -0.05) is 0 Å². The number of aromatic nitrogens is 2. The van der Waals surface area contributed by atoms with E-state index >= 15 is 0 Å². The summed E-state index contributed by atoms with van der Waals surface area (Å²) in [4.78, 5) is 13.5. The summed E-state index contributed by atoms with van der Waals surface area (Å²) in [6, 6.07) is 1.87. The minimum Gasteiger partial charge on any atom is -0.311 e. The van der Waals surface area contributed by atoms with Crippen LogP contribution in [0.3, 0.4) is 0 Å². The van der Waals surface area contributed by atoms with Crippen molar-refractivity contribution < 1.29 is 13.2 Å². The maximum Gasteiger partial charge on any atom is 0.226 e. The van der Waals surface area contributed by atoms with E-state index in [9.17, 15) is 13.2 Å². The quantitative estimate of drug-likeness (QED) is 0.886. The second kappa shape index (κ2) is 5.42. The Balaban J connectivity index is 1.82. The molecule has 0 bridgehead atoms. The molecule has 128 valence electrons. The fourth-order valence-electron chi connectivity index (χ4n) is 3.77. The van der Waals surface area contributed by atoms with Crippen molar-refractivity contribution in [1.29, 1.82) is 0 Å². The van der Waals surface area contributed by atoms with Gasteiger partial charge in [0.25, 0.3) is 0 Å². The smallest absolute Gasteiger partial charge is 0.226 e. The lowest BCUT2D eigenvalue weighted by atomic mass is 9.89. The van der Waals surface area contributed by atoms with E-state index in [1.165, 1.54) is 10.4 Å².